The highest BCUT2D eigenvalue weighted by atomic mass is 16.4. The lowest BCUT2D eigenvalue weighted by Crippen LogP contribution is -2.56. The fourth-order valence-electron chi connectivity index (χ4n) is 5.78. The summed E-state index contributed by atoms with van der Waals surface area (Å²) in [6.45, 7) is 0. The number of nitrogens with one attached hydrogen (secondary N) is 1. The van der Waals surface area contributed by atoms with Gasteiger partial charge in [-0.2, -0.15) is 0 Å². The van der Waals surface area contributed by atoms with Gasteiger partial charge in [0, 0.05) is 5.54 Å². The standard InChI is InChI=1S/C15H21NO3/c17-13(14(18)19)16-15(1-2-15)12-10-4-8-3-9(6-10)7-11(12)5-8/h8-12H,1-7H2,(H,16,17)(H,18,19). The maximum Gasteiger partial charge on any atom is 0.394 e. The van der Waals surface area contributed by atoms with Crippen molar-refractivity contribution < 1.29 is 14.7 Å². The molecule has 19 heavy (non-hydrogen) atoms. The molecule has 5 saturated carbocycles. The SMILES string of the molecule is O=C(O)C(=O)NC1(C2C3CC4CC(C3)CC2C4)CC1. The van der Waals surface area contributed by atoms with Crippen LogP contribution in [0, 0.1) is 29.6 Å². The fraction of sp³-hybridized carbons (Fsp3) is 0.867. The zero-order valence-corrected chi connectivity index (χ0v) is 11.1. The topological polar surface area (TPSA) is 66.4 Å². The predicted molar refractivity (Wildman–Crippen MR) is 68.3 cm³/mol. The largest absolute Gasteiger partial charge is 0.474 e. The first kappa shape index (κ1) is 11.7. The monoisotopic (exact) mass is 263 g/mol. The zero-order valence-electron chi connectivity index (χ0n) is 11.1. The Labute approximate surface area is 112 Å². The van der Waals surface area contributed by atoms with E-state index in [1.807, 2.05) is 0 Å². The van der Waals surface area contributed by atoms with Crippen LogP contribution in [0.5, 0.6) is 0 Å². The molecule has 0 atom stereocenters. The smallest absolute Gasteiger partial charge is 0.394 e. The van der Waals surface area contributed by atoms with Crippen molar-refractivity contribution in [3.8, 4) is 0 Å². The lowest BCUT2D eigenvalue weighted by atomic mass is 9.50. The van der Waals surface area contributed by atoms with Gasteiger partial charge in [-0.05, 0) is 74.5 Å². The Morgan fingerprint density at radius 3 is 1.89 bits per heavy atom. The first-order chi connectivity index (χ1) is 9.07. The molecule has 5 aliphatic rings. The number of carboxylic acid groups (broad SMARTS) is 1. The van der Waals surface area contributed by atoms with Gasteiger partial charge >= 0.3 is 11.9 Å². The Balaban J connectivity index is 1.56. The Kier molecular flexibility index (Phi) is 2.31. The molecule has 4 bridgehead atoms. The molecule has 4 heteroatoms. The first-order valence-corrected chi connectivity index (χ1v) is 7.63. The van der Waals surface area contributed by atoms with Crippen molar-refractivity contribution >= 4 is 11.9 Å². The number of carbonyl (C=O) groups is 2. The van der Waals surface area contributed by atoms with E-state index in [0.29, 0.717) is 5.92 Å². The van der Waals surface area contributed by atoms with Crippen LogP contribution in [0.4, 0.5) is 0 Å². The maximum absolute atomic E-state index is 11.5. The fourth-order valence-corrected chi connectivity index (χ4v) is 5.78. The molecular weight excluding hydrogens is 242 g/mol. The molecule has 5 fully saturated rings. The number of rotatable bonds is 2. The van der Waals surface area contributed by atoms with E-state index in [-0.39, 0.29) is 5.54 Å². The number of aliphatic carboxylic acids is 1. The first-order valence-electron chi connectivity index (χ1n) is 7.63. The summed E-state index contributed by atoms with van der Waals surface area (Å²) in [5, 5.41) is 11.7. The summed E-state index contributed by atoms with van der Waals surface area (Å²) >= 11 is 0. The molecule has 5 aliphatic carbocycles. The zero-order chi connectivity index (χ0) is 13.2. The molecule has 0 radical (unpaired) electrons. The van der Waals surface area contributed by atoms with Gasteiger partial charge in [-0.1, -0.05) is 0 Å². The van der Waals surface area contributed by atoms with Crippen molar-refractivity contribution in [2.75, 3.05) is 0 Å². The Bertz CT molecular complexity index is 413. The second-order valence-corrected chi connectivity index (χ2v) is 7.37. The Hall–Kier alpha value is -1.06. The number of carbonyl (C=O) groups excluding carboxylic acids is 1. The predicted octanol–water partition coefficient (Wildman–Crippen LogP) is 1.79. The Morgan fingerprint density at radius 1 is 0.947 bits per heavy atom. The van der Waals surface area contributed by atoms with E-state index in [9.17, 15) is 9.59 Å². The average Bonchev–Trinajstić information content (AvgIpc) is 3.07. The minimum Gasteiger partial charge on any atom is -0.474 e. The molecule has 0 heterocycles. The molecule has 0 saturated heterocycles. The summed E-state index contributed by atoms with van der Waals surface area (Å²) < 4.78 is 0. The van der Waals surface area contributed by atoms with Crippen molar-refractivity contribution in [1.29, 1.82) is 0 Å². The van der Waals surface area contributed by atoms with Gasteiger partial charge in [0.2, 0.25) is 0 Å². The van der Waals surface area contributed by atoms with Gasteiger partial charge in [0.1, 0.15) is 0 Å². The minimum absolute atomic E-state index is 0.155. The highest BCUT2D eigenvalue weighted by molar-refractivity contribution is 6.31. The minimum atomic E-state index is -1.34. The summed E-state index contributed by atoms with van der Waals surface area (Å²) in [5.41, 5.74) is -0.155. The molecule has 104 valence electrons. The third kappa shape index (κ3) is 1.72. The van der Waals surface area contributed by atoms with E-state index in [0.717, 1.165) is 36.5 Å². The van der Waals surface area contributed by atoms with E-state index in [1.54, 1.807) is 0 Å². The van der Waals surface area contributed by atoms with Gasteiger partial charge < -0.3 is 10.4 Å². The quantitative estimate of drug-likeness (QED) is 0.746. The van der Waals surface area contributed by atoms with Crippen LogP contribution in [0.15, 0.2) is 0 Å². The molecule has 0 unspecified atom stereocenters. The van der Waals surface area contributed by atoms with Crippen LogP contribution in [-0.2, 0) is 9.59 Å². The Morgan fingerprint density at radius 2 is 1.47 bits per heavy atom. The summed E-state index contributed by atoms with van der Waals surface area (Å²) in [5.74, 6) is 1.75. The lowest BCUT2D eigenvalue weighted by Gasteiger charge is -2.56. The van der Waals surface area contributed by atoms with Gasteiger partial charge in [-0.3, -0.25) is 4.79 Å². The van der Waals surface area contributed by atoms with Crippen molar-refractivity contribution in [2.24, 2.45) is 29.6 Å². The summed E-state index contributed by atoms with van der Waals surface area (Å²) in [7, 11) is 0. The molecular formula is C15H21NO3. The molecule has 0 aromatic carbocycles. The van der Waals surface area contributed by atoms with Crippen LogP contribution in [-0.4, -0.2) is 22.5 Å². The van der Waals surface area contributed by atoms with E-state index < -0.39 is 11.9 Å². The number of carboxylic acids is 1. The summed E-state index contributed by atoms with van der Waals surface area (Å²) in [6, 6.07) is 0. The van der Waals surface area contributed by atoms with Crippen molar-refractivity contribution in [2.45, 2.75) is 50.5 Å². The normalized spacial score (nSPS) is 44.9. The van der Waals surface area contributed by atoms with E-state index >= 15 is 0 Å². The molecule has 1 amide bonds. The highest BCUT2D eigenvalue weighted by Gasteiger charge is 2.61. The molecule has 2 N–H and O–H groups in total. The van der Waals surface area contributed by atoms with Gasteiger partial charge in [0.15, 0.2) is 0 Å². The molecule has 4 nitrogen and oxygen atoms in total. The van der Waals surface area contributed by atoms with Gasteiger partial charge in [0.25, 0.3) is 0 Å². The van der Waals surface area contributed by atoms with Crippen LogP contribution >= 0.6 is 0 Å². The van der Waals surface area contributed by atoms with Gasteiger partial charge in [-0.25, -0.2) is 4.79 Å². The maximum atomic E-state index is 11.5. The number of hydrogen-bond acceptors (Lipinski definition) is 2. The van der Waals surface area contributed by atoms with Crippen molar-refractivity contribution in [3.63, 3.8) is 0 Å². The third-order valence-electron chi connectivity index (χ3n) is 6.21. The third-order valence-corrected chi connectivity index (χ3v) is 6.21. The highest BCUT2D eigenvalue weighted by Crippen LogP contribution is 2.63. The molecule has 0 aromatic rings. The average molecular weight is 263 g/mol. The van der Waals surface area contributed by atoms with Crippen LogP contribution in [0.25, 0.3) is 0 Å². The van der Waals surface area contributed by atoms with Crippen molar-refractivity contribution in [1.82, 2.24) is 5.32 Å². The van der Waals surface area contributed by atoms with Crippen LogP contribution in [0.2, 0.25) is 0 Å². The number of hydrogen-bond donors (Lipinski definition) is 2. The van der Waals surface area contributed by atoms with Crippen LogP contribution in [0.3, 0.4) is 0 Å². The molecule has 0 aromatic heterocycles. The summed E-state index contributed by atoms with van der Waals surface area (Å²) in [4.78, 5) is 22.3. The molecule has 0 aliphatic heterocycles. The number of amides is 1. The summed E-state index contributed by atoms with van der Waals surface area (Å²) in [6.07, 6.45) is 8.68. The van der Waals surface area contributed by atoms with E-state index in [2.05, 4.69) is 5.32 Å². The van der Waals surface area contributed by atoms with E-state index in [1.165, 1.54) is 32.1 Å². The van der Waals surface area contributed by atoms with Gasteiger partial charge in [0.05, 0.1) is 0 Å². The van der Waals surface area contributed by atoms with Crippen LogP contribution in [0.1, 0.15) is 44.9 Å². The van der Waals surface area contributed by atoms with Gasteiger partial charge in [-0.15, -0.1) is 0 Å². The van der Waals surface area contributed by atoms with E-state index in [4.69, 9.17) is 5.11 Å². The molecule has 5 rings (SSSR count). The lowest BCUT2D eigenvalue weighted by molar-refractivity contribution is -0.151. The van der Waals surface area contributed by atoms with Crippen LogP contribution < -0.4 is 5.32 Å². The molecule has 0 spiro atoms. The second-order valence-electron chi connectivity index (χ2n) is 7.37. The van der Waals surface area contributed by atoms with Crippen molar-refractivity contribution in [3.05, 3.63) is 0 Å². The second kappa shape index (κ2) is 3.74.